The second kappa shape index (κ2) is 6.02. The lowest BCUT2D eigenvalue weighted by Crippen LogP contribution is -2.24. The molecule has 0 aliphatic rings. The number of fused-ring (bicyclic) bond motifs is 2. The van der Waals surface area contributed by atoms with E-state index in [-0.39, 0.29) is 5.56 Å². The maximum absolute atomic E-state index is 12.6. The Morgan fingerprint density at radius 1 is 1.00 bits per heavy atom. The third-order valence-electron chi connectivity index (χ3n) is 3.95. The van der Waals surface area contributed by atoms with Gasteiger partial charge >= 0.3 is 0 Å². The number of rotatable bonds is 3. The van der Waals surface area contributed by atoms with Crippen LogP contribution in [-0.4, -0.2) is 19.7 Å². The van der Waals surface area contributed by atoms with Gasteiger partial charge in [0.05, 0.1) is 28.7 Å². The van der Waals surface area contributed by atoms with Gasteiger partial charge in [0.1, 0.15) is 0 Å². The summed E-state index contributed by atoms with van der Waals surface area (Å²) in [5.41, 5.74) is 1.66. The van der Waals surface area contributed by atoms with Crippen LogP contribution in [0.4, 0.5) is 0 Å². The van der Waals surface area contributed by atoms with Gasteiger partial charge in [-0.1, -0.05) is 35.9 Å². The smallest absolute Gasteiger partial charge is 0.267 e. The van der Waals surface area contributed by atoms with Gasteiger partial charge in [0.15, 0.2) is 0 Å². The van der Waals surface area contributed by atoms with E-state index >= 15 is 0 Å². The maximum atomic E-state index is 12.6. The molecule has 3 aromatic heterocycles. The van der Waals surface area contributed by atoms with Gasteiger partial charge in [0.25, 0.3) is 5.56 Å². The van der Waals surface area contributed by atoms with Gasteiger partial charge in [-0.3, -0.25) is 14.8 Å². The van der Waals surface area contributed by atoms with Crippen LogP contribution < -0.4 is 5.56 Å². The topological polar surface area (TPSA) is 60.7 Å². The van der Waals surface area contributed by atoms with Crippen LogP contribution in [0.25, 0.3) is 21.7 Å². The molecular weight excluding hydrogens is 324 g/mol. The first-order chi connectivity index (χ1) is 11.7. The predicted octanol–water partition coefficient (Wildman–Crippen LogP) is 3.24. The summed E-state index contributed by atoms with van der Waals surface area (Å²) in [6.45, 7) is 0.443. The lowest BCUT2D eigenvalue weighted by molar-refractivity contribution is 0.580. The van der Waals surface area contributed by atoms with Crippen molar-refractivity contribution in [2.75, 3.05) is 0 Å². The Bertz CT molecular complexity index is 1110. The molecule has 118 valence electrons. The zero-order valence-corrected chi connectivity index (χ0v) is 13.4. The summed E-state index contributed by atoms with van der Waals surface area (Å²) in [7, 11) is 0. The van der Waals surface area contributed by atoms with E-state index in [1.165, 1.54) is 10.9 Å². The molecule has 0 spiro atoms. The number of para-hydroxylation sites is 1. The van der Waals surface area contributed by atoms with Crippen molar-refractivity contribution in [1.82, 2.24) is 19.7 Å². The van der Waals surface area contributed by atoms with Crippen molar-refractivity contribution in [3.05, 3.63) is 76.1 Å². The minimum absolute atomic E-state index is 0.208. The first-order valence-electron chi connectivity index (χ1n) is 7.56. The molecule has 0 aliphatic carbocycles. The molecule has 0 saturated heterocycles. The third kappa shape index (κ3) is 2.63. The van der Waals surface area contributed by atoms with Crippen molar-refractivity contribution in [2.45, 2.75) is 13.0 Å². The summed E-state index contributed by atoms with van der Waals surface area (Å²) in [6.07, 6.45) is 5.29. The Labute approximate surface area is 142 Å². The Morgan fingerprint density at radius 3 is 2.79 bits per heavy atom. The molecule has 0 radical (unpaired) electrons. The Balaban J connectivity index is 1.65. The molecule has 0 unspecified atom stereocenters. The molecule has 0 atom stereocenters. The first-order valence-corrected chi connectivity index (χ1v) is 7.94. The summed E-state index contributed by atoms with van der Waals surface area (Å²) in [4.78, 5) is 21.1. The largest absolute Gasteiger partial charge is 0.276 e. The number of aromatic nitrogens is 4. The van der Waals surface area contributed by atoms with Gasteiger partial charge in [0, 0.05) is 35.3 Å². The number of hydrogen-bond acceptors (Lipinski definition) is 4. The highest BCUT2D eigenvalue weighted by Gasteiger charge is 2.08. The number of nitrogens with zero attached hydrogens (tertiary/aromatic N) is 4. The number of aryl methyl sites for hydroxylation is 2. The van der Waals surface area contributed by atoms with Crippen molar-refractivity contribution >= 4 is 33.3 Å². The van der Waals surface area contributed by atoms with Crippen LogP contribution in [0.1, 0.15) is 5.69 Å². The fourth-order valence-corrected chi connectivity index (χ4v) is 2.96. The predicted molar refractivity (Wildman–Crippen MR) is 94.3 cm³/mol. The van der Waals surface area contributed by atoms with E-state index in [0.717, 1.165) is 16.6 Å². The van der Waals surface area contributed by atoms with Crippen LogP contribution in [0.3, 0.4) is 0 Å². The van der Waals surface area contributed by atoms with E-state index in [1.807, 2.05) is 36.4 Å². The van der Waals surface area contributed by atoms with Gasteiger partial charge in [-0.05, 0) is 12.1 Å². The molecule has 6 heteroatoms. The van der Waals surface area contributed by atoms with Crippen LogP contribution >= 0.6 is 11.6 Å². The zero-order valence-electron chi connectivity index (χ0n) is 12.7. The quantitative estimate of drug-likeness (QED) is 0.576. The van der Waals surface area contributed by atoms with E-state index < -0.39 is 0 Å². The average Bonchev–Trinajstić information content (AvgIpc) is 2.61. The van der Waals surface area contributed by atoms with Crippen molar-refractivity contribution in [2.24, 2.45) is 0 Å². The van der Waals surface area contributed by atoms with Gasteiger partial charge in [-0.25, -0.2) is 4.68 Å². The molecule has 0 saturated carbocycles. The molecule has 24 heavy (non-hydrogen) atoms. The van der Waals surface area contributed by atoms with E-state index in [9.17, 15) is 4.79 Å². The molecule has 0 N–H and O–H groups in total. The minimum Gasteiger partial charge on any atom is -0.267 e. The fourth-order valence-electron chi connectivity index (χ4n) is 2.71. The van der Waals surface area contributed by atoms with E-state index in [2.05, 4.69) is 15.1 Å². The highest BCUT2D eigenvalue weighted by molar-refractivity contribution is 6.35. The van der Waals surface area contributed by atoms with Gasteiger partial charge < -0.3 is 0 Å². The number of pyridine rings is 2. The van der Waals surface area contributed by atoms with Crippen LogP contribution in [-0.2, 0) is 13.0 Å². The van der Waals surface area contributed by atoms with Crippen molar-refractivity contribution in [3.8, 4) is 0 Å². The standard InChI is InChI=1S/C18H13ClN4O/c19-15-11-20-9-13-10-21-23(18(24)17(13)15)8-7-14-6-5-12-3-1-2-4-16(12)22-14/h1-6,9-11H,7-8H2. The molecule has 0 aliphatic heterocycles. The molecule has 1 aromatic carbocycles. The average molecular weight is 337 g/mol. The molecule has 4 rings (SSSR count). The SMILES string of the molecule is O=c1c2c(Cl)cncc2cnn1CCc1ccc2ccccc2n1. The molecule has 4 aromatic rings. The normalized spacial score (nSPS) is 11.2. The Kier molecular flexibility index (Phi) is 3.70. The first kappa shape index (κ1) is 14.8. The molecule has 0 bridgehead atoms. The highest BCUT2D eigenvalue weighted by Crippen LogP contribution is 2.17. The molecule has 0 amide bonds. The molecule has 3 heterocycles. The van der Waals surface area contributed by atoms with Crippen molar-refractivity contribution in [1.29, 1.82) is 0 Å². The highest BCUT2D eigenvalue weighted by atomic mass is 35.5. The van der Waals surface area contributed by atoms with Crippen LogP contribution in [0, 0.1) is 0 Å². The zero-order chi connectivity index (χ0) is 16.5. The minimum atomic E-state index is -0.208. The van der Waals surface area contributed by atoms with E-state index in [0.29, 0.717) is 28.8 Å². The van der Waals surface area contributed by atoms with Crippen molar-refractivity contribution in [3.63, 3.8) is 0 Å². The lowest BCUT2D eigenvalue weighted by Gasteiger charge is -2.07. The second-order valence-electron chi connectivity index (χ2n) is 5.50. The summed E-state index contributed by atoms with van der Waals surface area (Å²) >= 11 is 6.10. The molecule has 0 fully saturated rings. The van der Waals surface area contributed by atoms with Gasteiger partial charge in [-0.2, -0.15) is 5.10 Å². The monoisotopic (exact) mass is 336 g/mol. The van der Waals surface area contributed by atoms with Crippen LogP contribution in [0.2, 0.25) is 5.02 Å². The number of hydrogen-bond donors (Lipinski definition) is 0. The van der Waals surface area contributed by atoms with E-state index in [4.69, 9.17) is 11.6 Å². The maximum Gasteiger partial charge on any atom is 0.276 e. The summed E-state index contributed by atoms with van der Waals surface area (Å²) in [5.74, 6) is 0. The summed E-state index contributed by atoms with van der Waals surface area (Å²) < 4.78 is 1.42. The van der Waals surface area contributed by atoms with Crippen molar-refractivity contribution < 1.29 is 0 Å². The third-order valence-corrected chi connectivity index (χ3v) is 4.24. The summed E-state index contributed by atoms with van der Waals surface area (Å²) in [6, 6.07) is 12.0. The molecular formula is C18H13ClN4O. The second-order valence-corrected chi connectivity index (χ2v) is 5.91. The van der Waals surface area contributed by atoms with Crippen LogP contribution in [0.5, 0.6) is 0 Å². The number of halogens is 1. The fraction of sp³-hybridized carbons (Fsp3) is 0.111. The molecule has 5 nitrogen and oxygen atoms in total. The van der Waals surface area contributed by atoms with Gasteiger partial charge in [0.2, 0.25) is 0 Å². The van der Waals surface area contributed by atoms with Gasteiger partial charge in [-0.15, -0.1) is 0 Å². The lowest BCUT2D eigenvalue weighted by atomic mass is 10.2. The Hall–Kier alpha value is -2.79. The Morgan fingerprint density at radius 2 is 1.88 bits per heavy atom. The summed E-state index contributed by atoms with van der Waals surface area (Å²) in [5, 5.41) is 6.74. The van der Waals surface area contributed by atoms with Crippen LogP contribution in [0.15, 0.2) is 59.8 Å². The van der Waals surface area contributed by atoms with E-state index in [1.54, 1.807) is 12.4 Å². The number of benzene rings is 1.